The second-order valence-corrected chi connectivity index (χ2v) is 5.96. The summed E-state index contributed by atoms with van der Waals surface area (Å²) in [7, 11) is 0. The highest BCUT2D eigenvalue weighted by molar-refractivity contribution is 5.12. The van der Waals surface area contributed by atoms with Crippen molar-refractivity contribution in [3.05, 3.63) is 0 Å². The van der Waals surface area contributed by atoms with Crippen molar-refractivity contribution >= 4 is 0 Å². The third kappa shape index (κ3) is 0.693. The zero-order chi connectivity index (χ0) is 8.51. The molecule has 0 bridgehead atoms. The van der Waals surface area contributed by atoms with Crippen LogP contribution in [0.1, 0.15) is 33.1 Å². The van der Waals surface area contributed by atoms with Gasteiger partial charge in [0.2, 0.25) is 0 Å². The fraction of sp³-hybridized carbons (Fsp3) is 1.00. The third-order valence-corrected chi connectivity index (χ3v) is 4.59. The number of aliphatic hydroxyl groups excluding tert-OH is 1. The van der Waals surface area contributed by atoms with Crippen molar-refractivity contribution in [3.8, 4) is 0 Å². The molecule has 1 nitrogen and oxygen atoms in total. The van der Waals surface area contributed by atoms with Crippen LogP contribution in [0.4, 0.5) is 0 Å². The van der Waals surface area contributed by atoms with E-state index in [0.29, 0.717) is 11.3 Å². The first-order chi connectivity index (χ1) is 5.58. The molecule has 68 valence electrons. The lowest BCUT2D eigenvalue weighted by Gasteiger charge is -2.67. The van der Waals surface area contributed by atoms with Crippen molar-refractivity contribution in [1.29, 1.82) is 0 Å². The standard InChI is InChI=1S/C11H18O/c1-11(2)4-6-3-7-9(6)8(5-11)10(7)12/h6-10,12H,3-5H2,1-2H3. The van der Waals surface area contributed by atoms with E-state index in [1.54, 1.807) is 0 Å². The molecule has 3 fully saturated rings. The number of hydrogen-bond acceptors (Lipinski definition) is 1. The first-order valence-electron chi connectivity index (χ1n) is 5.26. The topological polar surface area (TPSA) is 20.2 Å². The minimum Gasteiger partial charge on any atom is -0.393 e. The molecule has 0 aromatic heterocycles. The molecule has 3 aliphatic rings. The van der Waals surface area contributed by atoms with Gasteiger partial charge in [0.1, 0.15) is 0 Å². The van der Waals surface area contributed by atoms with Crippen LogP contribution in [-0.4, -0.2) is 11.2 Å². The first-order valence-corrected chi connectivity index (χ1v) is 5.26. The highest BCUT2D eigenvalue weighted by atomic mass is 16.3. The zero-order valence-electron chi connectivity index (χ0n) is 7.96. The summed E-state index contributed by atoms with van der Waals surface area (Å²) in [6.07, 6.45) is 4.08. The average molecular weight is 166 g/mol. The molecule has 0 saturated heterocycles. The van der Waals surface area contributed by atoms with Gasteiger partial charge in [-0.1, -0.05) is 13.8 Å². The monoisotopic (exact) mass is 166 g/mol. The lowest BCUT2D eigenvalue weighted by Crippen LogP contribution is -2.65. The number of aliphatic hydroxyl groups is 1. The smallest absolute Gasteiger partial charge is 0.0602 e. The Morgan fingerprint density at radius 1 is 1.17 bits per heavy atom. The van der Waals surface area contributed by atoms with E-state index in [2.05, 4.69) is 13.8 Å². The predicted octanol–water partition coefficient (Wildman–Crippen LogP) is 2.05. The quantitative estimate of drug-likeness (QED) is 0.584. The zero-order valence-corrected chi connectivity index (χ0v) is 7.96. The largest absolute Gasteiger partial charge is 0.393 e. The van der Waals surface area contributed by atoms with Gasteiger partial charge in [-0.15, -0.1) is 0 Å². The van der Waals surface area contributed by atoms with E-state index in [9.17, 15) is 5.11 Å². The maximum absolute atomic E-state index is 9.78. The lowest BCUT2D eigenvalue weighted by molar-refractivity contribution is -0.236. The molecule has 3 saturated carbocycles. The molecule has 0 aromatic carbocycles. The summed E-state index contributed by atoms with van der Waals surface area (Å²) in [6, 6.07) is 0. The van der Waals surface area contributed by atoms with Gasteiger partial charge in [-0.3, -0.25) is 0 Å². The van der Waals surface area contributed by atoms with Crippen LogP contribution in [0.15, 0.2) is 0 Å². The molecule has 0 amide bonds. The van der Waals surface area contributed by atoms with E-state index in [-0.39, 0.29) is 6.10 Å². The van der Waals surface area contributed by atoms with E-state index in [1.165, 1.54) is 19.3 Å². The number of hydrogen-bond donors (Lipinski definition) is 1. The third-order valence-electron chi connectivity index (χ3n) is 4.59. The molecule has 1 N–H and O–H groups in total. The molecule has 0 heterocycles. The van der Waals surface area contributed by atoms with Gasteiger partial charge in [0.25, 0.3) is 0 Å². The fourth-order valence-corrected chi connectivity index (χ4v) is 4.16. The van der Waals surface area contributed by atoms with Crippen molar-refractivity contribution in [2.75, 3.05) is 0 Å². The SMILES string of the molecule is CC1(C)CC2CC3C(O)C(C1)C23. The second kappa shape index (κ2) is 1.89. The van der Waals surface area contributed by atoms with Crippen LogP contribution >= 0.6 is 0 Å². The molecule has 3 rings (SSSR count). The Hall–Kier alpha value is -0.0400. The first kappa shape index (κ1) is 7.37. The highest BCUT2D eigenvalue weighted by Gasteiger charge is 2.63. The molecule has 5 atom stereocenters. The van der Waals surface area contributed by atoms with Crippen molar-refractivity contribution in [2.24, 2.45) is 29.1 Å². The molecule has 0 radical (unpaired) electrons. The molecule has 0 aromatic rings. The van der Waals surface area contributed by atoms with Crippen LogP contribution in [0.5, 0.6) is 0 Å². The summed E-state index contributed by atoms with van der Waals surface area (Å²) in [5.74, 6) is 3.31. The van der Waals surface area contributed by atoms with Crippen molar-refractivity contribution in [1.82, 2.24) is 0 Å². The van der Waals surface area contributed by atoms with Gasteiger partial charge < -0.3 is 5.11 Å². The Balaban J connectivity index is 1.83. The van der Waals surface area contributed by atoms with E-state index in [4.69, 9.17) is 0 Å². The van der Waals surface area contributed by atoms with Crippen LogP contribution < -0.4 is 0 Å². The minimum absolute atomic E-state index is 0.0748. The Kier molecular flexibility index (Phi) is 1.16. The molecular formula is C11H18O. The van der Waals surface area contributed by atoms with Crippen LogP contribution in [0, 0.1) is 29.1 Å². The number of rotatable bonds is 0. The van der Waals surface area contributed by atoms with E-state index >= 15 is 0 Å². The van der Waals surface area contributed by atoms with Gasteiger partial charge in [0.15, 0.2) is 0 Å². The Morgan fingerprint density at radius 2 is 1.92 bits per heavy atom. The van der Waals surface area contributed by atoms with Gasteiger partial charge >= 0.3 is 0 Å². The Labute approximate surface area is 74.2 Å². The molecule has 0 aliphatic heterocycles. The van der Waals surface area contributed by atoms with Gasteiger partial charge in [-0.2, -0.15) is 0 Å². The highest BCUT2D eigenvalue weighted by Crippen LogP contribution is 2.66. The molecule has 0 spiro atoms. The lowest BCUT2D eigenvalue weighted by atomic mass is 9.39. The maximum atomic E-state index is 9.78. The molecule has 12 heavy (non-hydrogen) atoms. The minimum atomic E-state index is 0.0748. The normalized spacial score (nSPS) is 59.8. The summed E-state index contributed by atoms with van der Waals surface area (Å²) >= 11 is 0. The molecular weight excluding hydrogens is 148 g/mol. The average Bonchev–Trinajstić information content (AvgIpc) is 1.92. The predicted molar refractivity (Wildman–Crippen MR) is 47.6 cm³/mol. The van der Waals surface area contributed by atoms with Crippen LogP contribution in [0.2, 0.25) is 0 Å². The van der Waals surface area contributed by atoms with Crippen LogP contribution in [0.25, 0.3) is 0 Å². The summed E-state index contributed by atoms with van der Waals surface area (Å²) in [6.45, 7) is 4.73. The van der Waals surface area contributed by atoms with Crippen LogP contribution in [-0.2, 0) is 0 Å². The second-order valence-electron chi connectivity index (χ2n) is 5.96. The summed E-state index contributed by atoms with van der Waals surface area (Å²) in [5, 5.41) is 9.78. The molecule has 5 unspecified atom stereocenters. The Bertz CT molecular complexity index is 221. The van der Waals surface area contributed by atoms with Gasteiger partial charge in [-0.25, -0.2) is 0 Å². The molecule has 1 heteroatoms. The fourth-order valence-electron chi connectivity index (χ4n) is 4.16. The molecule has 3 aliphatic carbocycles. The van der Waals surface area contributed by atoms with Crippen molar-refractivity contribution in [3.63, 3.8) is 0 Å². The summed E-state index contributed by atoms with van der Waals surface area (Å²) in [5.41, 5.74) is 0.512. The van der Waals surface area contributed by atoms with Gasteiger partial charge in [-0.05, 0) is 48.3 Å². The van der Waals surface area contributed by atoms with Crippen molar-refractivity contribution in [2.45, 2.75) is 39.2 Å². The maximum Gasteiger partial charge on any atom is 0.0602 e. The van der Waals surface area contributed by atoms with Crippen LogP contribution in [0.3, 0.4) is 0 Å². The summed E-state index contributed by atoms with van der Waals surface area (Å²) in [4.78, 5) is 0. The Morgan fingerprint density at radius 3 is 2.67 bits per heavy atom. The van der Waals surface area contributed by atoms with Gasteiger partial charge in [0, 0.05) is 0 Å². The summed E-state index contributed by atoms with van der Waals surface area (Å²) < 4.78 is 0. The van der Waals surface area contributed by atoms with Gasteiger partial charge in [0.05, 0.1) is 6.10 Å². The van der Waals surface area contributed by atoms with Crippen molar-refractivity contribution < 1.29 is 5.11 Å². The van der Waals surface area contributed by atoms with E-state index in [0.717, 1.165) is 17.8 Å². The van der Waals surface area contributed by atoms with E-state index < -0.39 is 0 Å². The van der Waals surface area contributed by atoms with E-state index in [1.807, 2.05) is 0 Å².